The Kier molecular flexibility index (Phi) is 4.56. The maximum atomic E-state index is 12.5. The second-order valence-corrected chi connectivity index (χ2v) is 5.11. The van der Waals surface area contributed by atoms with Gasteiger partial charge in [-0.05, 0) is 42.0 Å². The smallest absolute Gasteiger partial charge is 0.416 e. The summed E-state index contributed by atoms with van der Waals surface area (Å²) in [5.74, 6) is 0.970. The van der Waals surface area contributed by atoms with Gasteiger partial charge in [-0.3, -0.25) is 0 Å². The van der Waals surface area contributed by atoms with E-state index in [0.29, 0.717) is 0 Å². The van der Waals surface area contributed by atoms with Crippen LogP contribution in [0.4, 0.5) is 13.2 Å². The number of rotatable bonds is 4. The second-order valence-electron chi connectivity index (χ2n) is 5.11. The average Bonchev–Trinajstić information content (AvgIpc) is 2.62. The molecule has 7 heteroatoms. The highest BCUT2D eigenvalue weighted by Crippen LogP contribution is 2.31. The van der Waals surface area contributed by atoms with Crippen molar-refractivity contribution in [2.75, 3.05) is 7.11 Å². The number of benzene rings is 2. The number of hydrogen-bond acceptors (Lipinski definition) is 4. The molecule has 0 saturated heterocycles. The third-order valence-corrected chi connectivity index (χ3v) is 3.44. The first-order valence-corrected chi connectivity index (χ1v) is 7.27. The predicted octanol–water partition coefficient (Wildman–Crippen LogP) is 4.96. The van der Waals surface area contributed by atoms with Crippen LogP contribution in [0.1, 0.15) is 5.56 Å². The number of alkyl halides is 3. The molecule has 0 aliphatic rings. The second kappa shape index (κ2) is 6.80. The molecule has 0 saturated carbocycles. The van der Waals surface area contributed by atoms with E-state index < -0.39 is 11.7 Å². The molecule has 0 aliphatic carbocycles. The summed E-state index contributed by atoms with van der Waals surface area (Å²) in [5.41, 5.74) is 0.944. The Labute approximate surface area is 141 Å². The lowest BCUT2D eigenvalue weighted by molar-refractivity contribution is -0.137. The van der Waals surface area contributed by atoms with E-state index in [9.17, 15) is 13.2 Å². The van der Waals surface area contributed by atoms with Crippen molar-refractivity contribution >= 4 is 0 Å². The molecule has 0 radical (unpaired) electrons. The van der Waals surface area contributed by atoms with E-state index in [1.54, 1.807) is 19.5 Å². The minimum absolute atomic E-state index is 0.0528. The molecule has 0 aliphatic heterocycles. The summed E-state index contributed by atoms with van der Waals surface area (Å²) >= 11 is 0. The summed E-state index contributed by atoms with van der Waals surface area (Å²) in [4.78, 5) is 8.15. The van der Waals surface area contributed by atoms with Crippen molar-refractivity contribution in [1.29, 1.82) is 0 Å². The Morgan fingerprint density at radius 3 is 1.84 bits per heavy atom. The lowest BCUT2D eigenvalue weighted by Gasteiger charge is -2.08. The summed E-state index contributed by atoms with van der Waals surface area (Å²) in [6.45, 7) is 0. The highest BCUT2D eigenvalue weighted by molar-refractivity contribution is 5.62. The Balaban J connectivity index is 1.72. The Bertz CT molecular complexity index is 830. The fraction of sp³-hybridized carbons (Fsp3) is 0.111. The van der Waals surface area contributed by atoms with Gasteiger partial charge in [0.25, 0.3) is 0 Å². The number of halogens is 3. The summed E-state index contributed by atoms with van der Waals surface area (Å²) in [6.07, 6.45) is -1.22. The van der Waals surface area contributed by atoms with Crippen LogP contribution in [0.3, 0.4) is 0 Å². The van der Waals surface area contributed by atoms with Gasteiger partial charge in [0, 0.05) is 18.0 Å². The van der Waals surface area contributed by atoms with Gasteiger partial charge in [0.1, 0.15) is 11.5 Å². The summed E-state index contributed by atoms with van der Waals surface area (Å²) in [5, 5.41) is 0. The molecule has 25 heavy (non-hydrogen) atoms. The topological polar surface area (TPSA) is 44.2 Å². The van der Waals surface area contributed by atoms with E-state index in [-0.39, 0.29) is 11.8 Å². The van der Waals surface area contributed by atoms with Gasteiger partial charge in [-0.2, -0.15) is 13.2 Å². The molecule has 0 unspecified atom stereocenters. The molecule has 0 spiro atoms. The molecular formula is C18H13F3N2O2. The van der Waals surface area contributed by atoms with Gasteiger partial charge in [-0.1, -0.05) is 12.1 Å². The molecular weight excluding hydrogens is 333 g/mol. The third-order valence-electron chi connectivity index (χ3n) is 3.44. The van der Waals surface area contributed by atoms with Crippen LogP contribution >= 0.6 is 0 Å². The van der Waals surface area contributed by atoms with Crippen LogP contribution in [0, 0.1) is 0 Å². The van der Waals surface area contributed by atoms with Crippen molar-refractivity contribution in [1.82, 2.24) is 9.97 Å². The van der Waals surface area contributed by atoms with Crippen LogP contribution in [0.2, 0.25) is 0 Å². The van der Waals surface area contributed by atoms with E-state index in [4.69, 9.17) is 9.47 Å². The summed E-state index contributed by atoms with van der Waals surface area (Å²) in [6, 6.07) is 11.8. The van der Waals surface area contributed by atoms with Crippen molar-refractivity contribution in [2.24, 2.45) is 0 Å². The van der Waals surface area contributed by atoms with Crippen molar-refractivity contribution in [3.63, 3.8) is 0 Å². The Morgan fingerprint density at radius 1 is 0.760 bits per heavy atom. The zero-order chi connectivity index (χ0) is 17.9. The molecule has 0 fully saturated rings. The first-order valence-electron chi connectivity index (χ1n) is 7.27. The highest BCUT2D eigenvalue weighted by atomic mass is 19.4. The van der Waals surface area contributed by atoms with Gasteiger partial charge in [-0.25, -0.2) is 9.97 Å². The molecule has 3 rings (SSSR count). The van der Waals surface area contributed by atoms with E-state index in [2.05, 4.69) is 9.97 Å². The van der Waals surface area contributed by atoms with Crippen LogP contribution in [0.5, 0.6) is 17.5 Å². The Hall–Kier alpha value is -3.09. The number of nitrogens with zero attached hydrogens (tertiary/aromatic N) is 2. The number of methoxy groups -OCH3 is 1. The highest BCUT2D eigenvalue weighted by Gasteiger charge is 2.30. The Morgan fingerprint density at radius 2 is 1.32 bits per heavy atom. The maximum Gasteiger partial charge on any atom is 0.416 e. The minimum atomic E-state index is -4.38. The normalized spacial score (nSPS) is 11.2. The number of hydrogen-bond donors (Lipinski definition) is 0. The average molecular weight is 346 g/mol. The standard InChI is InChI=1S/C18H13F3N2O2/c1-24-15-6-2-12(3-7-15)13-10-22-17(23-11-13)25-16-8-4-14(5-9-16)18(19,20)21/h2-11H,1H3. The lowest BCUT2D eigenvalue weighted by Crippen LogP contribution is -2.04. The zero-order valence-corrected chi connectivity index (χ0v) is 13.1. The molecule has 128 valence electrons. The van der Waals surface area contributed by atoms with Gasteiger partial charge in [-0.15, -0.1) is 0 Å². The first kappa shape index (κ1) is 16.8. The molecule has 0 amide bonds. The molecule has 4 nitrogen and oxygen atoms in total. The van der Waals surface area contributed by atoms with Crippen LogP contribution < -0.4 is 9.47 Å². The van der Waals surface area contributed by atoms with Crippen LogP contribution in [-0.2, 0) is 6.18 Å². The lowest BCUT2D eigenvalue weighted by atomic mass is 10.1. The van der Waals surface area contributed by atoms with Gasteiger partial charge in [0.2, 0.25) is 0 Å². The minimum Gasteiger partial charge on any atom is -0.497 e. The number of ether oxygens (including phenoxy) is 2. The first-order chi connectivity index (χ1) is 12.0. The fourth-order valence-electron chi connectivity index (χ4n) is 2.12. The molecule has 3 aromatic rings. The zero-order valence-electron chi connectivity index (χ0n) is 13.1. The molecule has 0 bridgehead atoms. The SMILES string of the molecule is COc1ccc(-c2cnc(Oc3ccc(C(F)(F)F)cc3)nc2)cc1. The molecule has 1 heterocycles. The largest absolute Gasteiger partial charge is 0.497 e. The van der Waals surface area contributed by atoms with E-state index in [1.165, 1.54) is 12.1 Å². The third kappa shape index (κ3) is 4.06. The van der Waals surface area contributed by atoms with E-state index in [1.807, 2.05) is 24.3 Å². The molecule has 0 N–H and O–H groups in total. The van der Waals surface area contributed by atoms with Gasteiger partial charge in [0.15, 0.2) is 0 Å². The molecule has 2 aromatic carbocycles. The predicted molar refractivity (Wildman–Crippen MR) is 85.5 cm³/mol. The van der Waals surface area contributed by atoms with Crippen molar-refractivity contribution < 1.29 is 22.6 Å². The van der Waals surface area contributed by atoms with Gasteiger partial charge in [0.05, 0.1) is 12.7 Å². The molecule has 0 atom stereocenters. The number of aromatic nitrogens is 2. The quantitative estimate of drug-likeness (QED) is 0.669. The summed E-state index contributed by atoms with van der Waals surface area (Å²) < 4.78 is 48.0. The summed E-state index contributed by atoms with van der Waals surface area (Å²) in [7, 11) is 1.59. The maximum absolute atomic E-state index is 12.5. The van der Waals surface area contributed by atoms with Crippen molar-refractivity contribution in [3.8, 4) is 28.6 Å². The monoisotopic (exact) mass is 346 g/mol. The van der Waals surface area contributed by atoms with Gasteiger partial charge >= 0.3 is 12.2 Å². The molecule has 1 aromatic heterocycles. The van der Waals surface area contributed by atoms with E-state index in [0.717, 1.165) is 29.0 Å². The van der Waals surface area contributed by atoms with Crippen LogP contribution in [-0.4, -0.2) is 17.1 Å². The van der Waals surface area contributed by atoms with Crippen LogP contribution in [0.25, 0.3) is 11.1 Å². The van der Waals surface area contributed by atoms with Crippen LogP contribution in [0.15, 0.2) is 60.9 Å². The van der Waals surface area contributed by atoms with Gasteiger partial charge < -0.3 is 9.47 Å². The van der Waals surface area contributed by atoms with E-state index >= 15 is 0 Å². The van der Waals surface area contributed by atoms with Crippen molar-refractivity contribution in [2.45, 2.75) is 6.18 Å². The fourth-order valence-corrected chi connectivity index (χ4v) is 2.12. The van der Waals surface area contributed by atoms with Crippen molar-refractivity contribution in [3.05, 3.63) is 66.5 Å².